The van der Waals surface area contributed by atoms with Gasteiger partial charge in [0.2, 0.25) is 5.91 Å². The lowest BCUT2D eigenvalue weighted by Crippen LogP contribution is -2.55. The molecule has 0 spiro atoms. The van der Waals surface area contributed by atoms with E-state index in [0.29, 0.717) is 19.3 Å². The molecule has 0 aliphatic rings. The van der Waals surface area contributed by atoms with Crippen LogP contribution in [-0.2, 0) is 18.8 Å². The van der Waals surface area contributed by atoms with E-state index in [1.54, 1.807) is 0 Å². The predicted octanol–water partition coefficient (Wildman–Crippen LogP) is 6.59. The number of aliphatic carboxylic acids is 1. The number of amides is 2. The molecular weight excluding hydrogens is 500 g/mol. The number of carbonyl (C=O) groups is 3. The second-order valence-electron chi connectivity index (χ2n) is 14.1. The van der Waals surface area contributed by atoms with Crippen LogP contribution < -0.4 is 10.6 Å². The van der Waals surface area contributed by atoms with Gasteiger partial charge in [-0.2, -0.15) is 0 Å². The molecule has 0 aromatic heterocycles. The Bertz CT molecular complexity index is 770. The molecule has 9 heteroatoms. The summed E-state index contributed by atoms with van der Waals surface area (Å²) in [5.41, 5.74) is -0.648. The second-order valence-corrected chi connectivity index (χ2v) is 18.9. The molecule has 0 unspecified atom stereocenters. The third kappa shape index (κ3) is 12.5. The van der Waals surface area contributed by atoms with E-state index in [9.17, 15) is 19.5 Å². The Morgan fingerprint density at radius 3 is 1.79 bits per heavy atom. The fraction of sp³-hybridized carbons (Fsp3) is 0.897. The molecule has 0 heterocycles. The van der Waals surface area contributed by atoms with Crippen molar-refractivity contribution < 1.29 is 28.7 Å². The minimum atomic E-state index is -2.31. The molecule has 38 heavy (non-hydrogen) atoms. The van der Waals surface area contributed by atoms with E-state index in [-0.39, 0.29) is 34.7 Å². The van der Waals surface area contributed by atoms with Crippen molar-refractivity contribution >= 4 is 26.3 Å². The van der Waals surface area contributed by atoms with Crippen molar-refractivity contribution in [3.63, 3.8) is 0 Å². The summed E-state index contributed by atoms with van der Waals surface area (Å²) in [4.78, 5) is 38.3. The van der Waals surface area contributed by atoms with E-state index in [1.165, 1.54) is 0 Å². The first-order valence-electron chi connectivity index (χ1n) is 14.2. The van der Waals surface area contributed by atoms with Gasteiger partial charge < -0.3 is 24.9 Å². The first-order chi connectivity index (χ1) is 17.0. The van der Waals surface area contributed by atoms with Gasteiger partial charge in [-0.3, -0.25) is 4.79 Å². The Kier molecular flexibility index (Phi) is 14.1. The third-order valence-corrected chi connectivity index (χ3v) is 12.0. The Morgan fingerprint density at radius 2 is 1.42 bits per heavy atom. The highest BCUT2D eigenvalue weighted by molar-refractivity contribution is 6.74. The summed E-state index contributed by atoms with van der Waals surface area (Å²) in [5.74, 6) is -1.83. The number of hydrogen-bond acceptors (Lipinski definition) is 5. The van der Waals surface area contributed by atoms with Gasteiger partial charge in [0, 0.05) is 5.92 Å². The maximum Gasteiger partial charge on any atom is 0.407 e. The fourth-order valence-corrected chi connectivity index (χ4v) is 5.37. The average Bonchev–Trinajstić information content (AvgIpc) is 2.70. The van der Waals surface area contributed by atoms with E-state index in [1.807, 2.05) is 48.5 Å². The molecule has 0 aliphatic heterocycles. The van der Waals surface area contributed by atoms with Crippen molar-refractivity contribution in [1.82, 2.24) is 10.6 Å². The first kappa shape index (κ1) is 36.4. The number of ether oxygens (including phenoxy) is 1. The molecule has 0 fully saturated rings. The average molecular weight is 559 g/mol. The zero-order valence-electron chi connectivity index (χ0n) is 26.7. The largest absolute Gasteiger partial charge is 0.480 e. The highest BCUT2D eigenvalue weighted by Crippen LogP contribution is 2.39. The fourth-order valence-electron chi connectivity index (χ4n) is 4.00. The summed E-state index contributed by atoms with van der Waals surface area (Å²) < 4.78 is 12.5. The molecule has 0 radical (unpaired) electrons. The van der Waals surface area contributed by atoms with Crippen LogP contribution in [0.2, 0.25) is 18.1 Å². The van der Waals surface area contributed by atoms with E-state index >= 15 is 0 Å². The van der Waals surface area contributed by atoms with E-state index < -0.39 is 44.0 Å². The number of rotatable bonds is 14. The van der Waals surface area contributed by atoms with Crippen LogP contribution in [0, 0.1) is 23.7 Å². The van der Waals surface area contributed by atoms with Gasteiger partial charge in [0.15, 0.2) is 8.32 Å². The monoisotopic (exact) mass is 558 g/mol. The molecule has 2 amide bonds. The normalized spacial score (nSPS) is 16.9. The van der Waals surface area contributed by atoms with Gasteiger partial charge in [-0.05, 0) is 69.5 Å². The maximum atomic E-state index is 13.5. The van der Waals surface area contributed by atoms with Crippen molar-refractivity contribution in [1.29, 1.82) is 0 Å². The summed E-state index contributed by atoms with van der Waals surface area (Å²) in [7, 11) is -2.31. The van der Waals surface area contributed by atoms with Crippen molar-refractivity contribution in [2.24, 2.45) is 23.7 Å². The molecule has 0 rings (SSSR count). The van der Waals surface area contributed by atoms with Crippen LogP contribution in [0.5, 0.6) is 0 Å². The summed E-state index contributed by atoms with van der Waals surface area (Å²) in [5, 5.41) is 15.5. The molecule has 8 nitrogen and oxygen atoms in total. The molecular formula is C29H58N2O6Si. The Labute approximate surface area is 233 Å². The smallest absolute Gasteiger partial charge is 0.407 e. The van der Waals surface area contributed by atoms with Crippen LogP contribution >= 0.6 is 0 Å². The van der Waals surface area contributed by atoms with Crippen LogP contribution in [0.15, 0.2) is 0 Å². The molecule has 0 bridgehead atoms. The molecule has 5 atom stereocenters. The Balaban J connectivity index is 6.40. The van der Waals surface area contributed by atoms with Gasteiger partial charge >= 0.3 is 12.1 Å². The van der Waals surface area contributed by atoms with Crippen LogP contribution in [0.3, 0.4) is 0 Å². The maximum absolute atomic E-state index is 13.5. The molecule has 224 valence electrons. The van der Waals surface area contributed by atoms with E-state index in [2.05, 4.69) is 58.3 Å². The number of carboxylic acid groups (broad SMARTS) is 1. The number of carboxylic acids is 1. The Hall–Kier alpha value is -1.61. The molecule has 3 N–H and O–H groups in total. The van der Waals surface area contributed by atoms with Crippen LogP contribution in [0.1, 0.15) is 102 Å². The zero-order valence-corrected chi connectivity index (χ0v) is 27.7. The molecule has 0 aromatic rings. The van der Waals surface area contributed by atoms with Crippen LogP contribution in [0.4, 0.5) is 4.79 Å². The van der Waals surface area contributed by atoms with E-state index in [0.717, 1.165) is 0 Å². The quantitative estimate of drug-likeness (QED) is 0.207. The van der Waals surface area contributed by atoms with Crippen LogP contribution in [0.25, 0.3) is 0 Å². The molecule has 0 saturated heterocycles. The van der Waals surface area contributed by atoms with Gasteiger partial charge in [0.25, 0.3) is 0 Å². The van der Waals surface area contributed by atoms with Crippen molar-refractivity contribution in [3.8, 4) is 0 Å². The Morgan fingerprint density at radius 1 is 0.895 bits per heavy atom. The number of carbonyl (C=O) groups excluding carboxylic acids is 2. The van der Waals surface area contributed by atoms with Gasteiger partial charge in [0.1, 0.15) is 11.6 Å². The molecule has 0 saturated carbocycles. The van der Waals surface area contributed by atoms with Gasteiger partial charge in [-0.25, -0.2) is 9.59 Å². The molecule has 0 aliphatic carbocycles. The zero-order chi connectivity index (χ0) is 30.2. The number of hydrogen-bond donors (Lipinski definition) is 3. The number of nitrogens with one attached hydrogen (secondary N) is 2. The molecule has 0 aromatic carbocycles. The van der Waals surface area contributed by atoms with E-state index in [4.69, 9.17) is 9.16 Å². The van der Waals surface area contributed by atoms with Crippen molar-refractivity contribution in [2.75, 3.05) is 0 Å². The van der Waals surface area contributed by atoms with Gasteiger partial charge in [-0.15, -0.1) is 0 Å². The third-order valence-electron chi connectivity index (χ3n) is 7.53. The van der Waals surface area contributed by atoms with Gasteiger partial charge in [0.05, 0.1) is 12.1 Å². The summed E-state index contributed by atoms with van der Waals surface area (Å²) >= 11 is 0. The SMILES string of the molecule is CC[C@H](C)[C@H](NC(=O)[C@@H](C[C@@H](O[Si](C)(C)C(C)(C)C)[C@H](CC(C)C)NC(=O)OC(C)(C)C)C(C)C)C(=O)O. The lowest BCUT2D eigenvalue weighted by molar-refractivity contribution is -0.144. The van der Waals surface area contributed by atoms with Crippen molar-refractivity contribution in [3.05, 3.63) is 0 Å². The minimum Gasteiger partial charge on any atom is -0.480 e. The highest BCUT2D eigenvalue weighted by atomic mass is 28.4. The number of alkyl carbamates (subject to hydrolysis) is 1. The second kappa shape index (κ2) is 14.7. The first-order valence-corrected chi connectivity index (χ1v) is 17.1. The summed E-state index contributed by atoms with van der Waals surface area (Å²) in [6, 6.07) is -1.34. The minimum absolute atomic E-state index is 0.0619. The lowest BCUT2D eigenvalue weighted by atomic mass is 9.85. The predicted molar refractivity (Wildman–Crippen MR) is 157 cm³/mol. The summed E-state index contributed by atoms with van der Waals surface area (Å²) in [6.45, 7) is 28.1. The lowest BCUT2D eigenvalue weighted by Gasteiger charge is -2.43. The topological polar surface area (TPSA) is 114 Å². The van der Waals surface area contributed by atoms with Gasteiger partial charge in [-0.1, -0.05) is 68.7 Å². The van der Waals surface area contributed by atoms with Crippen molar-refractivity contribution in [2.45, 2.75) is 144 Å². The summed E-state index contributed by atoms with van der Waals surface area (Å²) in [6.07, 6.45) is 0.680. The standard InChI is InChI=1S/C29H58N2O6Si/c1-15-20(6)24(26(33)34)31-25(32)21(19(4)5)17-23(37-38(13,14)29(10,11)12)22(16-18(2)3)30-27(35)36-28(7,8)9/h18-24H,15-17H2,1-14H3,(H,30,35)(H,31,32)(H,33,34)/t20-,21-,22-,23+,24-/m0/s1. The van der Waals surface area contributed by atoms with Crippen LogP contribution in [-0.4, -0.2) is 55.2 Å². The highest BCUT2D eigenvalue weighted by Gasteiger charge is 2.43.